The number of hydrogen-bond donors (Lipinski definition) is 1. The van der Waals surface area contributed by atoms with Gasteiger partial charge in [0.2, 0.25) is 5.91 Å². The molecule has 6 heteroatoms. The Kier molecular flexibility index (Phi) is 4.16. The average molecular weight is 348 g/mol. The first-order valence-electron chi connectivity index (χ1n) is 8.65. The van der Waals surface area contributed by atoms with Crippen molar-refractivity contribution >= 4 is 22.6 Å². The van der Waals surface area contributed by atoms with Crippen LogP contribution in [0.4, 0.5) is 0 Å². The van der Waals surface area contributed by atoms with Crippen LogP contribution in [0.25, 0.3) is 10.8 Å². The summed E-state index contributed by atoms with van der Waals surface area (Å²) in [7, 11) is 1.72. The third kappa shape index (κ3) is 3.06. The Morgan fingerprint density at radius 1 is 1.19 bits per heavy atom. The number of likely N-dealkylation sites (tertiary alicyclic amines) is 1. The zero-order valence-electron chi connectivity index (χ0n) is 14.6. The number of rotatable bonds is 4. The lowest BCUT2D eigenvalue weighted by Gasteiger charge is -2.18. The fraction of sp³-hybridized carbons (Fsp3) is 0.250. The smallest absolute Gasteiger partial charge is 0.269 e. The molecule has 1 saturated heterocycles. The summed E-state index contributed by atoms with van der Waals surface area (Å²) in [6, 6.07) is 15.8. The first-order valence-corrected chi connectivity index (χ1v) is 8.65. The summed E-state index contributed by atoms with van der Waals surface area (Å²) < 4.78 is 1.53. The molecule has 1 aliphatic rings. The Balaban J connectivity index is 1.46. The van der Waals surface area contributed by atoms with Crippen LogP contribution in [0.5, 0.6) is 0 Å². The van der Waals surface area contributed by atoms with Gasteiger partial charge in [-0.1, -0.05) is 42.5 Å². The lowest BCUT2D eigenvalue weighted by Crippen LogP contribution is -2.37. The molecule has 0 spiro atoms. The minimum atomic E-state index is -0.199. The zero-order chi connectivity index (χ0) is 18.1. The topological polar surface area (TPSA) is 67.2 Å². The number of carbonyl (C=O) groups excluding carboxylic acids is 2. The molecule has 1 aromatic heterocycles. The number of aromatic nitrogens is 2. The molecule has 0 aliphatic carbocycles. The highest BCUT2D eigenvalue weighted by atomic mass is 16.2. The summed E-state index contributed by atoms with van der Waals surface area (Å²) in [4.78, 5) is 26.6. The van der Waals surface area contributed by atoms with E-state index in [1.165, 1.54) is 4.68 Å². The molecular formula is C20H20N4O2. The summed E-state index contributed by atoms with van der Waals surface area (Å²) in [5.41, 5.74) is 1.61. The zero-order valence-corrected chi connectivity index (χ0v) is 14.6. The molecule has 2 heterocycles. The van der Waals surface area contributed by atoms with E-state index in [1.807, 2.05) is 23.1 Å². The first kappa shape index (κ1) is 16.3. The predicted octanol–water partition coefficient (Wildman–Crippen LogP) is 2.10. The molecule has 6 nitrogen and oxygen atoms in total. The van der Waals surface area contributed by atoms with Gasteiger partial charge in [0.05, 0.1) is 6.04 Å². The Hall–Kier alpha value is -3.15. The lowest BCUT2D eigenvalue weighted by atomic mass is 10.0. The number of fused-ring (bicyclic) bond motifs is 1. The predicted molar refractivity (Wildman–Crippen MR) is 98.4 cm³/mol. The molecule has 1 unspecified atom stereocenters. The largest absolute Gasteiger partial charge is 0.346 e. The highest BCUT2D eigenvalue weighted by molar-refractivity contribution is 5.93. The Bertz CT molecular complexity index is 973. The fourth-order valence-corrected chi connectivity index (χ4v) is 3.51. The van der Waals surface area contributed by atoms with Crippen molar-refractivity contribution in [3.05, 3.63) is 66.0 Å². The maximum Gasteiger partial charge on any atom is 0.269 e. The standard InChI is InChI=1S/C20H20N4O2/c1-23-18(9-10-21-23)20(26)22-16-11-19(25)24(13-16)12-15-7-4-6-14-5-2-3-8-17(14)15/h2-10,16H,11-13H2,1H3,(H,22,26). The summed E-state index contributed by atoms with van der Waals surface area (Å²) in [5.74, 6) is -0.136. The number of carbonyl (C=O) groups is 2. The summed E-state index contributed by atoms with van der Waals surface area (Å²) >= 11 is 0. The van der Waals surface area contributed by atoms with E-state index >= 15 is 0 Å². The van der Waals surface area contributed by atoms with E-state index in [2.05, 4.69) is 34.7 Å². The third-order valence-corrected chi connectivity index (χ3v) is 4.84. The van der Waals surface area contributed by atoms with E-state index in [4.69, 9.17) is 0 Å². The van der Waals surface area contributed by atoms with Crippen molar-refractivity contribution in [2.45, 2.75) is 19.0 Å². The van der Waals surface area contributed by atoms with Crippen LogP contribution >= 0.6 is 0 Å². The number of nitrogens with one attached hydrogen (secondary N) is 1. The number of benzene rings is 2. The summed E-state index contributed by atoms with van der Waals surface area (Å²) in [5, 5.41) is 9.27. The van der Waals surface area contributed by atoms with Crippen LogP contribution in [0.3, 0.4) is 0 Å². The van der Waals surface area contributed by atoms with Gasteiger partial charge in [-0.2, -0.15) is 5.10 Å². The third-order valence-electron chi connectivity index (χ3n) is 4.84. The van der Waals surface area contributed by atoms with Crippen LogP contribution in [0.15, 0.2) is 54.7 Å². The summed E-state index contributed by atoms with van der Waals surface area (Å²) in [6.45, 7) is 1.07. The Morgan fingerprint density at radius 2 is 2.00 bits per heavy atom. The fourth-order valence-electron chi connectivity index (χ4n) is 3.51. The van der Waals surface area contributed by atoms with Crippen molar-refractivity contribution in [2.75, 3.05) is 6.54 Å². The normalized spacial score (nSPS) is 17.0. The second kappa shape index (κ2) is 6.63. The van der Waals surface area contributed by atoms with Gasteiger partial charge in [0.15, 0.2) is 0 Å². The van der Waals surface area contributed by atoms with E-state index < -0.39 is 0 Å². The molecule has 2 amide bonds. The lowest BCUT2D eigenvalue weighted by molar-refractivity contribution is -0.128. The van der Waals surface area contributed by atoms with E-state index in [1.54, 1.807) is 19.3 Å². The second-order valence-corrected chi connectivity index (χ2v) is 6.63. The van der Waals surface area contributed by atoms with Crippen LogP contribution in [-0.2, 0) is 18.4 Å². The summed E-state index contributed by atoms with van der Waals surface area (Å²) in [6.07, 6.45) is 1.91. The van der Waals surface area contributed by atoms with Gasteiger partial charge in [-0.3, -0.25) is 14.3 Å². The molecule has 3 aromatic rings. The van der Waals surface area contributed by atoms with Gasteiger partial charge in [-0.05, 0) is 22.4 Å². The van der Waals surface area contributed by atoms with Crippen molar-refractivity contribution in [1.29, 1.82) is 0 Å². The molecule has 1 fully saturated rings. The maximum absolute atomic E-state index is 12.4. The second-order valence-electron chi connectivity index (χ2n) is 6.63. The number of nitrogens with zero attached hydrogens (tertiary/aromatic N) is 3. The Labute approximate surface area is 151 Å². The van der Waals surface area contributed by atoms with Crippen molar-refractivity contribution < 1.29 is 9.59 Å². The minimum Gasteiger partial charge on any atom is -0.346 e. The highest BCUT2D eigenvalue weighted by Crippen LogP contribution is 2.22. The van der Waals surface area contributed by atoms with Crippen LogP contribution < -0.4 is 5.32 Å². The molecule has 1 aliphatic heterocycles. The SMILES string of the molecule is Cn1nccc1C(=O)NC1CC(=O)N(Cc2cccc3ccccc23)C1. The van der Waals surface area contributed by atoms with E-state index in [-0.39, 0.29) is 17.9 Å². The quantitative estimate of drug-likeness (QED) is 0.785. The van der Waals surface area contributed by atoms with E-state index in [0.29, 0.717) is 25.2 Å². The van der Waals surface area contributed by atoms with Crippen molar-refractivity contribution in [3.8, 4) is 0 Å². The molecule has 132 valence electrons. The van der Waals surface area contributed by atoms with E-state index in [0.717, 1.165) is 16.3 Å². The molecular weight excluding hydrogens is 328 g/mol. The first-order chi connectivity index (χ1) is 12.6. The Morgan fingerprint density at radius 3 is 2.81 bits per heavy atom. The molecule has 1 N–H and O–H groups in total. The van der Waals surface area contributed by atoms with E-state index in [9.17, 15) is 9.59 Å². The minimum absolute atomic E-state index is 0.0632. The van der Waals surface area contributed by atoms with Gasteiger partial charge < -0.3 is 10.2 Å². The van der Waals surface area contributed by atoms with Gasteiger partial charge in [-0.25, -0.2) is 0 Å². The highest BCUT2D eigenvalue weighted by Gasteiger charge is 2.31. The van der Waals surface area contributed by atoms with Crippen molar-refractivity contribution in [2.24, 2.45) is 7.05 Å². The van der Waals surface area contributed by atoms with Crippen LogP contribution in [-0.4, -0.2) is 39.1 Å². The van der Waals surface area contributed by atoms with Gasteiger partial charge in [0, 0.05) is 32.8 Å². The van der Waals surface area contributed by atoms with Crippen molar-refractivity contribution in [3.63, 3.8) is 0 Å². The molecule has 26 heavy (non-hydrogen) atoms. The molecule has 0 saturated carbocycles. The number of hydrogen-bond acceptors (Lipinski definition) is 3. The molecule has 0 radical (unpaired) electrons. The molecule has 4 rings (SSSR count). The van der Waals surface area contributed by atoms with Crippen LogP contribution in [0, 0.1) is 0 Å². The van der Waals surface area contributed by atoms with Crippen LogP contribution in [0.1, 0.15) is 22.5 Å². The average Bonchev–Trinajstić information content (AvgIpc) is 3.21. The maximum atomic E-state index is 12.4. The van der Waals surface area contributed by atoms with Gasteiger partial charge >= 0.3 is 0 Å². The van der Waals surface area contributed by atoms with Gasteiger partial charge in [0.1, 0.15) is 5.69 Å². The van der Waals surface area contributed by atoms with Crippen LogP contribution in [0.2, 0.25) is 0 Å². The molecule has 0 bridgehead atoms. The van der Waals surface area contributed by atoms with Gasteiger partial charge in [0.25, 0.3) is 5.91 Å². The number of aryl methyl sites for hydroxylation is 1. The monoisotopic (exact) mass is 348 g/mol. The number of amides is 2. The van der Waals surface area contributed by atoms with Gasteiger partial charge in [-0.15, -0.1) is 0 Å². The molecule has 2 aromatic carbocycles. The molecule has 1 atom stereocenters. The van der Waals surface area contributed by atoms with Crippen molar-refractivity contribution in [1.82, 2.24) is 20.0 Å².